The van der Waals surface area contributed by atoms with Crippen molar-refractivity contribution < 1.29 is 39.2 Å². The molecule has 0 aliphatic rings. The second-order valence-corrected chi connectivity index (χ2v) is 4.05. The SMILES string of the molecule is C=CC(=O)Oc1cc(C(=O)O)c(C(=O)O)c(CC)c1C(=O)O.N. The van der Waals surface area contributed by atoms with Crippen molar-refractivity contribution in [2.45, 2.75) is 13.3 Å². The van der Waals surface area contributed by atoms with Crippen LogP contribution < -0.4 is 10.9 Å². The predicted octanol–water partition coefficient (Wildman–Crippen LogP) is 1.60. The summed E-state index contributed by atoms with van der Waals surface area (Å²) in [5, 5.41) is 27.5. The van der Waals surface area contributed by atoms with Crippen LogP contribution >= 0.6 is 0 Å². The molecule has 0 aliphatic carbocycles. The smallest absolute Gasteiger partial charge is 0.339 e. The monoisotopic (exact) mass is 325 g/mol. The minimum atomic E-state index is -1.58. The van der Waals surface area contributed by atoms with E-state index in [1.54, 1.807) is 0 Å². The Bertz CT molecular complexity index is 693. The lowest BCUT2D eigenvalue weighted by Crippen LogP contribution is -2.18. The first-order chi connectivity index (χ1) is 10.2. The summed E-state index contributed by atoms with van der Waals surface area (Å²) in [4.78, 5) is 45.1. The van der Waals surface area contributed by atoms with Crippen LogP contribution in [-0.4, -0.2) is 39.2 Å². The maximum atomic E-state index is 11.4. The lowest BCUT2D eigenvalue weighted by molar-refractivity contribution is -0.129. The van der Waals surface area contributed by atoms with E-state index >= 15 is 0 Å². The van der Waals surface area contributed by atoms with E-state index in [4.69, 9.17) is 9.84 Å². The van der Waals surface area contributed by atoms with Crippen LogP contribution in [0, 0.1) is 0 Å². The molecule has 0 saturated carbocycles. The standard InChI is InChI=1S/C14H12O8.H3N/c1-3-6-10(13(18)19)7(12(16)17)5-8(11(6)14(20)21)22-9(15)4-2;/h4-5H,2-3H2,1H3,(H,16,17)(H,18,19)(H,20,21);1H3. The van der Waals surface area contributed by atoms with Gasteiger partial charge in [-0.1, -0.05) is 13.5 Å². The number of esters is 1. The Balaban J connectivity index is 0.00000484. The number of ether oxygens (including phenoxy) is 1. The zero-order valence-corrected chi connectivity index (χ0v) is 12.2. The lowest BCUT2D eigenvalue weighted by atomic mass is 9.93. The number of carboxylic acid groups (broad SMARTS) is 3. The summed E-state index contributed by atoms with van der Waals surface area (Å²) in [6.07, 6.45) is 0.686. The van der Waals surface area contributed by atoms with E-state index in [2.05, 4.69) is 6.58 Å². The maximum absolute atomic E-state index is 11.4. The van der Waals surface area contributed by atoms with Crippen molar-refractivity contribution in [1.82, 2.24) is 6.15 Å². The third-order valence-electron chi connectivity index (χ3n) is 2.78. The van der Waals surface area contributed by atoms with Crippen molar-refractivity contribution in [3.05, 3.63) is 41.0 Å². The molecule has 0 atom stereocenters. The van der Waals surface area contributed by atoms with Gasteiger partial charge in [-0.25, -0.2) is 19.2 Å². The number of carboxylic acids is 3. The lowest BCUT2D eigenvalue weighted by Gasteiger charge is -2.15. The van der Waals surface area contributed by atoms with E-state index in [0.29, 0.717) is 6.07 Å². The van der Waals surface area contributed by atoms with E-state index in [9.17, 15) is 29.4 Å². The Morgan fingerprint density at radius 2 is 1.61 bits per heavy atom. The first kappa shape index (κ1) is 19.8. The van der Waals surface area contributed by atoms with Crippen molar-refractivity contribution in [1.29, 1.82) is 0 Å². The van der Waals surface area contributed by atoms with Crippen molar-refractivity contribution in [2.75, 3.05) is 0 Å². The molecule has 9 heteroatoms. The van der Waals surface area contributed by atoms with Crippen LogP contribution in [0.3, 0.4) is 0 Å². The number of carbonyl (C=O) groups excluding carboxylic acids is 1. The Hall–Kier alpha value is -3.20. The van der Waals surface area contributed by atoms with Gasteiger partial charge in [-0.05, 0) is 18.1 Å². The Morgan fingerprint density at radius 1 is 1.09 bits per heavy atom. The first-order valence-corrected chi connectivity index (χ1v) is 5.98. The second-order valence-electron chi connectivity index (χ2n) is 4.05. The number of rotatable bonds is 6. The number of hydrogen-bond acceptors (Lipinski definition) is 6. The van der Waals surface area contributed by atoms with Gasteiger partial charge in [0, 0.05) is 6.08 Å². The molecule has 0 aliphatic heterocycles. The van der Waals surface area contributed by atoms with Crippen LogP contribution in [0.25, 0.3) is 0 Å². The number of aromatic carboxylic acids is 3. The molecule has 0 spiro atoms. The highest BCUT2D eigenvalue weighted by Crippen LogP contribution is 2.30. The van der Waals surface area contributed by atoms with Gasteiger partial charge in [-0.15, -0.1) is 0 Å². The summed E-state index contributed by atoms with van der Waals surface area (Å²) in [5.41, 5.74) is -2.13. The molecule has 6 N–H and O–H groups in total. The molecular formula is C14H15NO8. The molecule has 1 aromatic rings. The van der Waals surface area contributed by atoms with E-state index in [1.165, 1.54) is 6.92 Å². The molecule has 0 bridgehead atoms. The minimum Gasteiger partial charge on any atom is -0.478 e. The largest absolute Gasteiger partial charge is 0.478 e. The fraction of sp³-hybridized carbons (Fsp3) is 0.143. The van der Waals surface area contributed by atoms with Crippen LogP contribution in [0.15, 0.2) is 18.7 Å². The Labute approximate surface area is 130 Å². The predicted molar refractivity (Wildman–Crippen MR) is 77.6 cm³/mol. The summed E-state index contributed by atoms with van der Waals surface area (Å²) >= 11 is 0. The number of benzene rings is 1. The molecule has 124 valence electrons. The summed E-state index contributed by atoms with van der Waals surface area (Å²) < 4.78 is 4.73. The number of carbonyl (C=O) groups is 4. The zero-order valence-electron chi connectivity index (χ0n) is 12.2. The normalized spacial score (nSPS) is 9.43. The fourth-order valence-corrected chi connectivity index (χ4v) is 1.94. The van der Waals surface area contributed by atoms with Gasteiger partial charge in [0.2, 0.25) is 0 Å². The average molecular weight is 325 g/mol. The number of hydrogen-bond donors (Lipinski definition) is 4. The molecule has 0 aromatic heterocycles. The Kier molecular flexibility index (Phi) is 6.64. The van der Waals surface area contributed by atoms with Gasteiger partial charge in [0.05, 0.1) is 11.1 Å². The van der Waals surface area contributed by atoms with Crippen molar-refractivity contribution in [3.63, 3.8) is 0 Å². The molecule has 0 radical (unpaired) electrons. The molecule has 0 unspecified atom stereocenters. The van der Waals surface area contributed by atoms with Crippen LogP contribution in [0.2, 0.25) is 0 Å². The summed E-state index contributed by atoms with van der Waals surface area (Å²) in [7, 11) is 0. The van der Waals surface area contributed by atoms with Crippen LogP contribution in [0.4, 0.5) is 0 Å². The van der Waals surface area contributed by atoms with Crippen molar-refractivity contribution in [2.24, 2.45) is 0 Å². The topological polar surface area (TPSA) is 173 Å². The van der Waals surface area contributed by atoms with Crippen molar-refractivity contribution >= 4 is 23.9 Å². The van der Waals surface area contributed by atoms with E-state index in [0.717, 1.165) is 6.08 Å². The fourth-order valence-electron chi connectivity index (χ4n) is 1.94. The van der Waals surface area contributed by atoms with Gasteiger partial charge in [0.25, 0.3) is 0 Å². The maximum Gasteiger partial charge on any atom is 0.339 e. The van der Waals surface area contributed by atoms with Gasteiger partial charge >= 0.3 is 23.9 Å². The summed E-state index contributed by atoms with van der Waals surface area (Å²) in [5.74, 6) is -6.25. The van der Waals surface area contributed by atoms with Gasteiger partial charge < -0.3 is 26.2 Å². The van der Waals surface area contributed by atoms with Crippen LogP contribution in [0.1, 0.15) is 43.6 Å². The molecule has 0 fully saturated rings. The Morgan fingerprint density at radius 3 is 1.96 bits per heavy atom. The summed E-state index contributed by atoms with van der Waals surface area (Å²) in [6, 6.07) is 0.704. The van der Waals surface area contributed by atoms with Gasteiger partial charge in [0.15, 0.2) is 0 Å². The molecule has 0 amide bonds. The van der Waals surface area contributed by atoms with E-state index < -0.39 is 46.3 Å². The molecular weight excluding hydrogens is 310 g/mol. The van der Waals surface area contributed by atoms with Crippen LogP contribution in [-0.2, 0) is 11.2 Å². The summed E-state index contributed by atoms with van der Waals surface area (Å²) in [6.45, 7) is 4.60. The molecule has 1 aromatic carbocycles. The van der Waals surface area contributed by atoms with Crippen LogP contribution in [0.5, 0.6) is 5.75 Å². The molecule has 1 rings (SSSR count). The van der Waals surface area contributed by atoms with Gasteiger partial charge in [0.1, 0.15) is 11.3 Å². The highest BCUT2D eigenvalue weighted by molar-refractivity contribution is 6.07. The third kappa shape index (κ3) is 3.92. The molecule has 23 heavy (non-hydrogen) atoms. The second kappa shape index (κ2) is 7.71. The van der Waals surface area contributed by atoms with E-state index in [-0.39, 0.29) is 18.1 Å². The first-order valence-electron chi connectivity index (χ1n) is 5.98. The van der Waals surface area contributed by atoms with Gasteiger partial charge in [-0.3, -0.25) is 0 Å². The third-order valence-corrected chi connectivity index (χ3v) is 2.78. The minimum absolute atomic E-state index is 0. The quantitative estimate of drug-likeness (QED) is 0.344. The van der Waals surface area contributed by atoms with Gasteiger partial charge in [-0.2, -0.15) is 0 Å². The average Bonchev–Trinajstić information content (AvgIpc) is 2.44. The molecule has 0 heterocycles. The van der Waals surface area contributed by atoms with Crippen molar-refractivity contribution in [3.8, 4) is 5.75 Å². The zero-order chi connectivity index (χ0) is 17.0. The van der Waals surface area contributed by atoms with E-state index in [1.807, 2.05) is 0 Å². The highest BCUT2D eigenvalue weighted by Gasteiger charge is 2.29. The molecule has 9 nitrogen and oxygen atoms in total. The molecule has 0 saturated heterocycles. The highest BCUT2D eigenvalue weighted by atomic mass is 16.5.